The van der Waals surface area contributed by atoms with Crippen LogP contribution in [0.25, 0.3) is 0 Å². The topological polar surface area (TPSA) is 29.9 Å². The average molecular weight is 358 g/mol. The molecule has 21 heavy (non-hydrogen) atoms. The van der Waals surface area contributed by atoms with E-state index in [4.69, 9.17) is 0 Å². The van der Waals surface area contributed by atoms with E-state index in [0.29, 0.717) is 6.54 Å². The molecule has 0 aliphatic carbocycles. The molecule has 2 aromatic rings. The van der Waals surface area contributed by atoms with Crippen molar-refractivity contribution in [1.82, 2.24) is 15.1 Å². The number of aromatic nitrogens is 2. The van der Waals surface area contributed by atoms with Crippen molar-refractivity contribution in [2.45, 2.75) is 32.9 Å². The van der Waals surface area contributed by atoms with Gasteiger partial charge in [0.1, 0.15) is 0 Å². The molecule has 0 bridgehead atoms. The Bertz CT molecular complexity index is 613. The zero-order valence-electron chi connectivity index (χ0n) is 12.0. The first-order valence-corrected chi connectivity index (χ1v) is 7.77. The van der Waals surface area contributed by atoms with Crippen molar-refractivity contribution in [3.8, 4) is 0 Å². The van der Waals surface area contributed by atoms with Gasteiger partial charge in [0.15, 0.2) is 11.6 Å². The lowest BCUT2D eigenvalue weighted by Gasteiger charge is -2.21. The first kappa shape index (κ1) is 16.1. The summed E-state index contributed by atoms with van der Waals surface area (Å²) in [6.45, 7) is 5.33. The van der Waals surface area contributed by atoms with Crippen molar-refractivity contribution in [3.63, 3.8) is 0 Å². The van der Waals surface area contributed by atoms with Gasteiger partial charge in [-0.1, -0.05) is 26.0 Å². The van der Waals surface area contributed by atoms with E-state index in [1.54, 1.807) is 12.3 Å². The number of halogens is 3. The molecule has 0 saturated heterocycles. The van der Waals surface area contributed by atoms with Crippen molar-refractivity contribution in [3.05, 3.63) is 51.8 Å². The van der Waals surface area contributed by atoms with E-state index in [1.165, 1.54) is 6.07 Å². The molecule has 0 aliphatic heterocycles. The molecular formula is C15H18BrF2N3. The molecule has 0 spiro atoms. The molecule has 1 atom stereocenters. The van der Waals surface area contributed by atoms with E-state index < -0.39 is 17.7 Å². The normalized spacial score (nSPS) is 12.6. The van der Waals surface area contributed by atoms with E-state index in [-0.39, 0.29) is 5.56 Å². The van der Waals surface area contributed by atoms with Gasteiger partial charge in [-0.2, -0.15) is 5.10 Å². The molecule has 0 saturated carbocycles. The summed E-state index contributed by atoms with van der Waals surface area (Å²) in [5, 5.41) is 7.51. The molecule has 114 valence electrons. The summed E-state index contributed by atoms with van der Waals surface area (Å²) in [6, 6.07) is 3.79. The number of hydrogen-bond donors (Lipinski definition) is 1. The minimum absolute atomic E-state index is 0.287. The summed E-state index contributed by atoms with van der Waals surface area (Å²) in [7, 11) is 0. The van der Waals surface area contributed by atoms with Gasteiger partial charge in [0, 0.05) is 12.1 Å². The minimum Gasteiger partial charge on any atom is -0.305 e. The van der Waals surface area contributed by atoms with Crippen LogP contribution < -0.4 is 5.32 Å². The number of aryl methyl sites for hydroxylation is 1. The lowest BCUT2D eigenvalue weighted by atomic mass is 10.0. The molecule has 0 radical (unpaired) electrons. The van der Waals surface area contributed by atoms with Crippen LogP contribution in [0.4, 0.5) is 8.78 Å². The van der Waals surface area contributed by atoms with E-state index in [2.05, 4.69) is 26.3 Å². The Morgan fingerprint density at radius 1 is 1.33 bits per heavy atom. The van der Waals surface area contributed by atoms with E-state index >= 15 is 0 Å². The van der Waals surface area contributed by atoms with Gasteiger partial charge in [-0.3, -0.25) is 4.68 Å². The smallest absolute Gasteiger partial charge is 0.163 e. The highest BCUT2D eigenvalue weighted by Gasteiger charge is 2.24. The van der Waals surface area contributed by atoms with Gasteiger partial charge in [0.25, 0.3) is 0 Å². The summed E-state index contributed by atoms with van der Waals surface area (Å²) in [5.74, 6) is -1.66. The predicted molar refractivity (Wildman–Crippen MR) is 82.1 cm³/mol. The molecule has 6 heteroatoms. The second-order valence-electron chi connectivity index (χ2n) is 4.73. The summed E-state index contributed by atoms with van der Waals surface area (Å²) in [6.07, 6.45) is 2.60. The van der Waals surface area contributed by atoms with Crippen molar-refractivity contribution in [1.29, 1.82) is 0 Å². The third-order valence-corrected chi connectivity index (χ3v) is 3.85. The van der Waals surface area contributed by atoms with E-state index in [0.717, 1.165) is 29.2 Å². The Kier molecular flexibility index (Phi) is 5.47. The van der Waals surface area contributed by atoms with Crippen LogP contribution >= 0.6 is 15.9 Å². The Labute approximate surface area is 131 Å². The highest BCUT2D eigenvalue weighted by Crippen LogP contribution is 2.31. The molecule has 0 aliphatic rings. The largest absolute Gasteiger partial charge is 0.305 e. The van der Waals surface area contributed by atoms with Crippen LogP contribution in [0.2, 0.25) is 0 Å². The third kappa shape index (κ3) is 3.32. The zero-order chi connectivity index (χ0) is 15.4. The van der Waals surface area contributed by atoms with Crippen molar-refractivity contribution in [2.24, 2.45) is 0 Å². The predicted octanol–water partition coefficient (Wildman–Crippen LogP) is 4.03. The molecular weight excluding hydrogens is 340 g/mol. The van der Waals surface area contributed by atoms with Gasteiger partial charge >= 0.3 is 0 Å². The van der Waals surface area contributed by atoms with Crippen LogP contribution in [0.3, 0.4) is 0 Å². The van der Waals surface area contributed by atoms with Gasteiger partial charge in [0.2, 0.25) is 0 Å². The number of nitrogens with zero attached hydrogens (tertiary/aromatic N) is 2. The Hall–Kier alpha value is -1.27. The SMILES string of the molecule is CCCn1ncc(Br)c1C(NCC)c1cccc(F)c1F. The standard InChI is InChI=1S/C15H18BrF2N3/c1-3-8-21-15(11(16)9-20-21)14(19-4-2)10-6-5-7-12(17)13(10)18/h5-7,9,14,19H,3-4,8H2,1-2H3. The van der Waals surface area contributed by atoms with Crippen LogP contribution in [-0.2, 0) is 6.54 Å². The zero-order valence-corrected chi connectivity index (χ0v) is 13.6. The number of rotatable bonds is 6. The monoisotopic (exact) mass is 357 g/mol. The van der Waals surface area contributed by atoms with Gasteiger partial charge < -0.3 is 5.32 Å². The van der Waals surface area contributed by atoms with Crippen LogP contribution in [0, 0.1) is 11.6 Å². The van der Waals surface area contributed by atoms with Crippen LogP contribution in [0.15, 0.2) is 28.9 Å². The molecule has 2 rings (SSSR count). The maximum atomic E-state index is 14.2. The fourth-order valence-corrected chi connectivity index (χ4v) is 2.88. The molecule has 1 unspecified atom stereocenters. The summed E-state index contributed by atoms with van der Waals surface area (Å²) >= 11 is 3.46. The minimum atomic E-state index is -0.840. The summed E-state index contributed by atoms with van der Waals surface area (Å²) in [4.78, 5) is 0. The fourth-order valence-electron chi connectivity index (χ4n) is 2.35. The van der Waals surface area contributed by atoms with Crippen molar-refractivity contribution >= 4 is 15.9 Å². The Morgan fingerprint density at radius 2 is 2.10 bits per heavy atom. The molecule has 1 heterocycles. The van der Waals surface area contributed by atoms with E-state index in [9.17, 15) is 8.78 Å². The van der Waals surface area contributed by atoms with Gasteiger partial charge in [-0.15, -0.1) is 0 Å². The third-order valence-electron chi connectivity index (χ3n) is 3.24. The second kappa shape index (κ2) is 7.13. The Balaban J connectivity index is 2.53. The summed E-state index contributed by atoms with van der Waals surface area (Å²) < 4.78 is 30.3. The molecule has 1 aromatic heterocycles. The van der Waals surface area contributed by atoms with Crippen LogP contribution in [0.5, 0.6) is 0 Å². The molecule has 0 fully saturated rings. The maximum absolute atomic E-state index is 14.2. The average Bonchev–Trinajstić information content (AvgIpc) is 2.81. The van der Waals surface area contributed by atoms with Crippen molar-refractivity contribution in [2.75, 3.05) is 6.54 Å². The molecule has 1 N–H and O–H groups in total. The van der Waals surface area contributed by atoms with Crippen LogP contribution in [-0.4, -0.2) is 16.3 Å². The Morgan fingerprint density at radius 3 is 2.76 bits per heavy atom. The highest BCUT2D eigenvalue weighted by molar-refractivity contribution is 9.10. The number of nitrogens with one attached hydrogen (secondary N) is 1. The van der Waals surface area contributed by atoms with Gasteiger partial charge in [-0.25, -0.2) is 8.78 Å². The number of hydrogen-bond acceptors (Lipinski definition) is 2. The lowest BCUT2D eigenvalue weighted by molar-refractivity contribution is 0.467. The first-order chi connectivity index (χ1) is 10.1. The van der Waals surface area contributed by atoms with E-state index in [1.807, 2.05) is 18.5 Å². The quantitative estimate of drug-likeness (QED) is 0.845. The first-order valence-electron chi connectivity index (χ1n) is 6.98. The molecule has 1 aromatic carbocycles. The molecule has 0 amide bonds. The second-order valence-corrected chi connectivity index (χ2v) is 5.59. The van der Waals surface area contributed by atoms with Gasteiger partial charge in [-0.05, 0) is 35.0 Å². The summed E-state index contributed by atoms with van der Waals surface area (Å²) in [5.41, 5.74) is 1.10. The highest BCUT2D eigenvalue weighted by atomic mass is 79.9. The maximum Gasteiger partial charge on any atom is 0.163 e. The fraction of sp³-hybridized carbons (Fsp3) is 0.400. The van der Waals surface area contributed by atoms with Gasteiger partial charge in [0.05, 0.1) is 22.4 Å². The lowest BCUT2D eigenvalue weighted by Crippen LogP contribution is -2.26. The molecule has 3 nitrogen and oxygen atoms in total. The van der Waals surface area contributed by atoms with Crippen molar-refractivity contribution < 1.29 is 8.78 Å². The van der Waals surface area contributed by atoms with Crippen LogP contribution in [0.1, 0.15) is 37.6 Å². The number of benzene rings is 1.